The van der Waals surface area contributed by atoms with E-state index in [-0.39, 0.29) is 6.10 Å². The maximum absolute atomic E-state index is 5.79. The zero-order valence-corrected chi connectivity index (χ0v) is 14.5. The Morgan fingerprint density at radius 3 is 2.72 bits per heavy atom. The Morgan fingerprint density at radius 1 is 1.16 bits per heavy atom. The molecule has 3 rings (SSSR count). The third-order valence-corrected chi connectivity index (χ3v) is 3.95. The predicted octanol–water partition coefficient (Wildman–Crippen LogP) is 2.63. The number of nitrogen functional groups attached to an aromatic ring is 1. The van der Waals surface area contributed by atoms with Gasteiger partial charge in [0.25, 0.3) is 0 Å². The van der Waals surface area contributed by atoms with Gasteiger partial charge in [0, 0.05) is 31.3 Å². The second-order valence-corrected chi connectivity index (χ2v) is 5.67. The molecule has 1 atom stereocenters. The van der Waals surface area contributed by atoms with Gasteiger partial charge in [0.1, 0.15) is 17.4 Å². The van der Waals surface area contributed by atoms with Crippen molar-refractivity contribution in [1.29, 1.82) is 0 Å². The highest BCUT2D eigenvalue weighted by molar-refractivity contribution is 5.72. The van der Waals surface area contributed by atoms with Crippen molar-refractivity contribution in [3.63, 3.8) is 0 Å². The van der Waals surface area contributed by atoms with Gasteiger partial charge in [-0.2, -0.15) is 0 Å². The van der Waals surface area contributed by atoms with E-state index in [1.54, 1.807) is 32.7 Å². The molecule has 0 fully saturated rings. The number of ether oxygens (including phenoxy) is 2. The van der Waals surface area contributed by atoms with Gasteiger partial charge in [-0.3, -0.25) is 0 Å². The maximum atomic E-state index is 5.79. The summed E-state index contributed by atoms with van der Waals surface area (Å²) in [6.07, 6.45) is 5.43. The van der Waals surface area contributed by atoms with Crippen molar-refractivity contribution in [2.45, 2.75) is 19.6 Å². The molecule has 2 aromatic heterocycles. The molecule has 1 aromatic carbocycles. The van der Waals surface area contributed by atoms with E-state index in [1.807, 2.05) is 31.3 Å². The number of rotatable bonds is 6. The van der Waals surface area contributed by atoms with Crippen molar-refractivity contribution in [3.05, 3.63) is 42.9 Å². The molecule has 130 valence electrons. The van der Waals surface area contributed by atoms with Crippen molar-refractivity contribution >= 4 is 5.82 Å². The van der Waals surface area contributed by atoms with Gasteiger partial charge < -0.3 is 19.8 Å². The monoisotopic (exact) mass is 339 g/mol. The summed E-state index contributed by atoms with van der Waals surface area (Å²) in [4.78, 5) is 13.1. The normalized spacial score (nSPS) is 12.1. The summed E-state index contributed by atoms with van der Waals surface area (Å²) in [5.41, 5.74) is 7.50. The SMILES string of the molecule is COc1ccc(-c2nccn2CC(C)OC)cc1-c1nccc(N)n1. The molecule has 0 aliphatic heterocycles. The third-order valence-electron chi connectivity index (χ3n) is 3.95. The highest BCUT2D eigenvalue weighted by atomic mass is 16.5. The lowest BCUT2D eigenvalue weighted by Crippen LogP contribution is -2.14. The number of hydrogen-bond donors (Lipinski definition) is 1. The fraction of sp³-hybridized carbons (Fsp3) is 0.278. The second kappa shape index (κ2) is 7.31. The van der Waals surface area contributed by atoms with Crippen LogP contribution in [0.3, 0.4) is 0 Å². The van der Waals surface area contributed by atoms with Crippen LogP contribution in [0.15, 0.2) is 42.9 Å². The Labute approximate surface area is 146 Å². The molecule has 0 saturated carbocycles. The first-order valence-corrected chi connectivity index (χ1v) is 7.93. The van der Waals surface area contributed by atoms with Crippen LogP contribution in [0.5, 0.6) is 5.75 Å². The Kier molecular flexibility index (Phi) is 4.95. The first-order chi connectivity index (χ1) is 12.1. The summed E-state index contributed by atoms with van der Waals surface area (Å²) in [6, 6.07) is 7.46. The smallest absolute Gasteiger partial charge is 0.165 e. The Hall–Kier alpha value is -2.93. The van der Waals surface area contributed by atoms with Gasteiger partial charge in [-0.25, -0.2) is 15.0 Å². The molecule has 0 aliphatic carbocycles. The molecular formula is C18H21N5O2. The van der Waals surface area contributed by atoms with E-state index in [0.717, 1.165) is 17.0 Å². The minimum atomic E-state index is 0.0860. The van der Waals surface area contributed by atoms with Crippen LogP contribution in [-0.2, 0) is 11.3 Å². The van der Waals surface area contributed by atoms with Gasteiger partial charge >= 0.3 is 0 Å². The number of anilines is 1. The van der Waals surface area contributed by atoms with Crippen LogP contribution in [0.4, 0.5) is 5.82 Å². The molecule has 2 N–H and O–H groups in total. The largest absolute Gasteiger partial charge is 0.496 e. The van der Waals surface area contributed by atoms with Crippen LogP contribution < -0.4 is 10.5 Å². The molecule has 0 amide bonds. The summed E-state index contributed by atoms with van der Waals surface area (Å²) < 4.78 is 12.9. The van der Waals surface area contributed by atoms with E-state index >= 15 is 0 Å². The van der Waals surface area contributed by atoms with Gasteiger partial charge in [-0.15, -0.1) is 0 Å². The fourth-order valence-electron chi connectivity index (χ4n) is 2.59. The first kappa shape index (κ1) is 16.9. The zero-order valence-electron chi connectivity index (χ0n) is 14.5. The summed E-state index contributed by atoms with van der Waals surface area (Å²) in [6.45, 7) is 2.73. The first-order valence-electron chi connectivity index (χ1n) is 7.93. The number of imidazole rings is 1. The Bertz CT molecular complexity index is 862. The van der Waals surface area contributed by atoms with Crippen LogP contribution in [0.2, 0.25) is 0 Å². The van der Waals surface area contributed by atoms with Gasteiger partial charge in [0.2, 0.25) is 0 Å². The minimum Gasteiger partial charge on any atom is -0.496 e. The Morgan fingerprint density at radius 2 is 2.00 bits per heavy atom. The maximum Gasteiger partial charge on any atom is 0.165 e. The van der Waals surface area contributed by atoms with E-state index in [1.165, 1.54) is 0 Å². The molecular weight excluding hydrogens is 318 g/mol. The molecule has 7 heteroatoms. The number of benzene rings is 1. The van der Waals surface area contributed by atoms with E-state index in [2.05, 4.69) is 19.5 Å². The van der Waals surface area contributed by atoms with Crippen LogP contribution in [0.1, 0.15) is 6.92 Å². The van der Waals surface area contributed by atoms with Crippen molar-refractivity contribution in [3.8, 4) is 28.5 Å². The fourth-order valence-corrected chi connectivity index (χ4v) is 2.59. The molecule has 25 heavy (non-hydrogen) atoms. The number of nitrogens with two attached hydrogens (primary N) is 1. The van der Waals surface area contributed by atoms with Gasteiger partial charge in [0.05, 0.1) is 25.3 Å². The lowest BCUT2D eigenvalue weighted by atomic mass is 10.1. The van der Waals surface area contributed by atoms with Gasteiger partial charge in [-0.05, 0) is 31.2 Å². The number of hydrogen-bond acceptors (Lipinski definition) is 6. The van der Waals surface area contributed by atoms with Crippen LogP contribution in [-0.4, -0.2) is 39.8 Å². The molecule has 0 spiro atoms. The second-order valence-electron chi connectivity index (χ2n) is 5.67. The standard InChI is InChI=1S/C18H21N5O2/c1-12(24-2)11-23-9-8-21-18(23)13-4-5-15(25-3)14(10-13)17-20-7-6-16(19)22-17/h4-10,12H,11H2,1-3H3,(H2,19,20,22). The minimum absolute atomic E-state index is 0.0860. The van der Waals surface area contributed by atoms with Gasteiger partial charge in [-0.1, -0.05) is 0 Å². The van der Waals surface area contributed by atoms with Crippen molar-refractivity contribution in [1.82, 2.24) is 19.5 Å². The molecule has 0 bridgehead atoms. The quantitative estimate of drug-likeness (QED) is 0.743. The molecule has 0 radical (unpaired) electrons. The summed E-state index contributed by atoms with van der Waals surface area (Å²) in [7, 11) is 3.32. The van der Waals surface area contributed by atoms with Crippen molar-refractivity contribution < 1.29 is 9.47 Å². The summed E-state index contributed by atoms with van der Waals surface area (Å²) in [5, 5.41) is 0. The lowest BCUT2D eigenvalue weighted by Gasteiger charge is -2.14. The molecule has 0 saturated heterocycles. The topological polar surface area (TPSA) is 88.1 Å². The third kappa shape index (κ3) is 3.61. The molecule has 3 aromatic rings. The van der Waals surface area contributed by atoms with Crippen LogP contribution in [0, 0.1) is 0 Å². The van der Waals surface area contributed by atoms with Crippen LogP contribution in [0.25, 0.3) is 22.8 Å². The number of aromatic nitrogens is 4. The van der Waals surface area contributed by atoms with Crippen molar-refractivity contribution in [2.75, 3.05) is 20.0 Å². The summed E-state index contributed by atoms with van der Waals surface area (Å²) in [5.74, 6) is 2.45. The molecule has 7 nitrogen and oxygen atoms in total. The zero-order chi connectivity index (χ0) is 17.8. The highest BCUT2D eigenvalue weighted by Gasteiger charge is 2.14. The lowest BCUT2D eigenvalue weighted by molar-refractivity contribution is 0.103. The average molecular weight is 339 g/mol. The molecule has 0 aliphatic rings. The van der Waals surface area contributed by atoms with E-state index < -0.39 is 0 Å². The predicted molar refractivity (Wildman–Crippen MR) is 96.1 cm³/mol. The average Bonchev–Trinajstić information content (AvgIpc) is 3.09. The highest BCUT2D eigenvalue weighted by Crippen LogP contribution is 2.32. The number of nitrogens with zero attached hydrogens (tertiary/aromatic N) is 4. The van der Waals surface area contributed by atoms with E-state index in [0.29, 0.717) is 23.9 Å². The van der Waals surface area contributed by atoms with E-state index in [4.69, 9.17) is 15.2 Å². The van der Waals surface area contributed by atoms with Gasteiger partial charge in [0.15, 0.2) is 5.82 Å². The molecule has 1 unspecified atom stereocenters. The Balaban J connectivity index is 2.05. The molecule has 2 heterocycles. The number of methoxy groups -OCH3 is 2. The van der Waals surface area contributed by atoms with Crippen LogP contribution >= 0.6 is 0 Å². The summed E-state index contributed by atoms with van der Waals surface area (Å²) >= 11 is 0. The van der Waals surface area contributed by atoms with Crippen molar-refractivity contribution in [2.24, 2.45) is 0 Å². The van der Waals surface area contributed by atoms with E-state index in [9.17, 15) is 0 Å².